The Balaban J connectivity index is 1.10. The van der Waals surface area contributed by atoms with Crippen LogP contribution >= 0.6 is 0 Å². The van der Waals surface area contributed by atoms with Gasteiger partial charge in [0.15, 0.2) is 11.5 Å². The van der Waals surface area contributed by atoms with Crippen molar-refractivity contribution in [2.24, 2.45) is 0 Å². The van der Waals surface area contributed by atoms with Gasteiger partial charge in [0.2, 0.25) is 10.0 Å². The Bertz CT molecular complexity index is 1140. The summed E-state index contributed by atoms with van der Waals surface area (Å²) in [4.78, 5) is 2.47. The first kappa shape index (κ1) is 20.4. The molecule has 2 aromatic rings. The molecule has 164 valence electrons. The Labute approximate surface area is 182 Å². The summed E-state index contributed by atoms with van der Waals surface area (Å²) in [5, 5.41) is 1.94. The van der Waals surface area contributed by atoms with Crippen LogP contribution in [0.5, 0.6) is 0 Å². The van der Waals surface area contributed by atoms with Gasteiger partial charge in [-0.3, -0.25) is 4.90 Å². The van der Waals surface area contributed by atoms with E-state index in [9.17, 15) is 8.42 Å². The van der Waals surface area contributed by atoms with Crippen LogP contribution in [0.4, 0.5) is 0 Å². The van der Waals surface area contributed by atoms with Crippen LogP contribution in [0, 0.1) is 0 Å². The molecular formula is C23H26N2O5S. The van der Waals surface area contributed by atoms with Crippen molar-refractivity contribution in [3.05, 3.63) is 65.8 Å². The fourth-order valence-electron chi connectivity index (χ4n) is 4.13. The van der Waals surface area contributed by atoms with E-state index >= 15 is 0 Å². The van der Waals surface area contributed by atoms with Gasteiger partial charge >= 0.3 is 0 Å². The third-order valence-corrected chi connectivity index (χ3v) is 7.28. The van der Waals surface area contributed by atoms with Crippen molar-refractivity contribution in [1.82, 2.24) is 9.62 Å². The molecule has 7 nitrogen and oxygen atoms in total. The predicted octanol–water partition coefficient (Wildman–Crippen LogP) is 2.76. The molecule has 2 heterocycles. The second-order valence-electron chi connectivity index (χ2n) is 7.99. The van der Waals surface area contributed by atoms with Gasteiger partial charge in [-0.25, -0.2) is 13.1 Å². The largest absolute Gasteiger partial charge is 0.490 e. The van der Waals surface area contributed by atoms with Crippen LogP contribution in [-0.2, 0) is 24.2 Å². The number of hydrogen-bond donors (Lipinski definition) is 1. The molecule has 0 bridgehead atoms. The summed E-state index contributed by atoms with van der Waals surface area (Å²) in [5.74, 6) is 2.38. The second kappa shape index (κ2) is 8.53. The van der Waals surface area contributed by atoms with Gasteiger partial charge in [0, 0.05) is 32.1 Å². The zero-order valence-electron chi connectivity index (χ0n) is 17.2. The van der Waals surface area contributed by atoms with E-state index in [1.54, 1.807) is 12.1 Å². The zero-order chi connectivity index (χ0) is 21.3. The number of likely N-dealkylation sites (tertiary alicyclic amines) is 1. The highest BCUT2D eigenvalue weighted by atomic mass is 32.2. The molecular weight excluding hydrogens is 416 g/mol. The number of hydrogen-bond acceptors (Lipinski definition) is 6. The molecule has 1 fully saturated rings. The van der Waals surface area contributed by atoms with Gasteiger partial charge in [0.1, 0.15) is 25.6 Å². The van der Waals surface area contributed by atoms with Crippen LogP contribution in [0.3, 0.4) is 0 Å². The summed E-state index contributed by atoms with van der Waals surface area (Å²) >= 11 is 0. The van der Waals surface area contributed by atoms with Crippen LogP contribution in [0.15, 0.2) is 70.7 Å². The second-order valence-corrected chi connectivity index (χ2v) is 9.71. The Morgan fingerprint density at radius 1 is 1.06 bits per heavy atom. The van der Waals surface area contributed by atoms with Crippen molar-refractivity contribution in [1.29, 1.82) is 0 Å². The fraction of sp³-hybridized carbons (Fsp3) is 0.391. The van der Waals surface area contributed by atoms with Gasteiger partial charge in [-0.15, -0.1) is 0 Å². The predicted molar refractivity (Wildman–Crippen MR) is 117 cm³/mol. The van der Waals surface area contributed by atoms with E-state index < -0.39 is 10.0 Å². The SMILES string of the molecule is O=S(=O)(NC1CN(CCOC2=CCCC3=C2OCCO3)C1)c1ccc2ccccc2c1. The average Bonchev–Trinajstić information content (AvgIpc) is 2.77. The lowest BCUT2D eigenvalue weighted by Gasteiger charge is -2.39. The lowest BCUT2D eigenvalue weighted by molar-refractivity contribution is 0.0359. The first-order valence-electron chi connectivity index (χ1n) is 10.6. The van der Waals surface area contributed by atoms with Crippen molar-refractivity contribution in [2.75, 3.05) is 39.5 Å². The van der Waals surface area contributed by atoms with Crippen molar-refractivity contribution in [2.45, 2.75) is 23.8 Å². The molecule has 2 aromatic carbocycles. The molecule has 0 aromatic heterocycles. The summed E-state index contributed by atoms with van der Waals surface area (Å²) in [5.41, 5.74) is 0. The number of nitrogens with zero attached hydrogens (tertiary/aromatic N) is 1. The van der Waals surface area contributed by atoms with E-state index in [-0.39, 0.29) is 6.04 Å². The molecule has 0 radical (unpaired) electrons. The third-order valence-electron chi connectivity index (χ3n) is 5.76. The molecule has 0 amide bonds. The molecule has 5 rings (SSSR count). The number of allylic oxidation sites excluding steroid dienone is 2. The van der Waals surface area contributed by atoms with Crippen molar-refractivity contribution < 1.29 is 22.6 Å². The molecule has 2 aliphatic heterocycles. The highest BCUT2D eigenvalue weighted by Crippen LogP contribution is 2.30. The maximum Gasteiger partial charge on any atom is 0.240 e. The molecule has 0 unspecified atom stereocenters. The first-order valence-corrected chi connectivity index (χ1v) is 12.1. The van der Waals surface area contributed by atoms with Crippen LogP contribution in [0.1, 0.15) is 12.8 Å². The fourth-order valence-corrected chi connectivity index (χ4v) is 5.39. The third kappa shape index (κ3) is 4.42. The summed E-state index contributed by atoms with van der Waals surface area (Å²) in [6, 6.07) is 12.9. The Morgan fingerprint density at radius 2 is 1.87 bits per heavy atom. The quantitative estimate of drug-likeness (QED) is 0.711. The van der Waals surface area contributed by atoms with Gasteiger partial charge < -0.3 is 14.2 Å². The van der Waals surface area contributed by atoms with Crippen LogP contribution in [0.2, 0.25) is 0 Å². The molecule has 1 aliphatic carbocycles. The van der Waals surface area contributed by atoms with Gasteiger partial charge in [0.05, 0.1) is 4.90 Å². The highest BCUT2D eigenvalue weighted by Gasteiger charge is 2.31. The van der Waals surface area contributed by atoms with Crippen LogP contribution < -0.4 is 4.72 Å². The van der Waals surface area contributed by atoms with E-state index in [4.69, 9.17) is 14.2 Å². The van der Waals surface area contributed by atoms with E-state index in [0.29, 0.717) is 37.8 Å². The number of ether oxygens (including phenoxy) is 3. The zero-order valence-corrected chi connectivity index (χ0v) is 18.1. The number of nitrogens with one attached hydrogen (secondary N) is 1. The van der Waals surface area contributed by atoms with Gasteiger partial charge in [-0.1, -0.05) is 30.3 Å². The van der Waals surface area contributed by atoms with Gasteiger partial charge in [-0.2, -0.15) is 0 Å². The molecule has 0 spiro atoms. The Morgan fingerprint density at radius 3 is 2.74 bits per heavy atom. The summed E-state index contributed by atoms with van der Waals surface area (Å²) < 4.78 is 45.6. The molecule has 0 atom stereocenters. The molecule has 1 saturated heterocycles. The number of sulfonamides is 1. The number of rotatable bonds is 7. The molecule has 8 heteroatoms. The highest BCUT2D eigenvalue weighted by molar-refractivity contribution is 7.89. The average molecular weight is 443 g/mol. The topological polar surface area (TPSA) is 77.1 Å². The van der Waals surface area contributed by atoms with Gasteiger partial charge in [-0.05, 0) is 35.4 Å². The normalized spacial score (nSPS) is 19.8. The molecule has 1 N–H and O–H groups in total. The van der Waals surface area contributed by atoms with E-state index in [1.165, 1.54) is 0 Å². The minimum Gasteiger partial charge on any atom is -0.490 e. The van der Waals surface area contributed by atoms with E-state index in [2.05, 4.69) is 9.62 Å². The monoisotopic (exact) mass is 442 g/mol. The standard InChI is InChI=1S/C23H26N2O5S/c26-31(27,20-9-8-17-4-1-2-5-18(17)14-20)24-19-15-25(16-19)10-11-28-21-6-3-7-22-23(21)30-13-12-29-22/h1-2,4-6,8-9,14,19,24H,3,7,10-13,15-16H2. The minimum absolute atomic E-state index is 0.0882. The lowest BCUT2D eigenvalue weighted by atomic mass is 10.1. The summed E-state index contributed by atoms with van der Waals surface area (Å²) in [7, 11) is -3.54. The van der Waals surface area contributed by atoms with Gasteiger partial charge in [0.25, 0.3) is 0 Å². The number of benzene rings is 2. The van der Waals surface area contributed by atoms with Crippen molar-refractivity contribution in [3.8, 4) is 0 Å². The van der Waals surface area contributed by atoms with Crippen molar-refractivity contribution in [3.63, 3.8) is 0 Å². The summed E-state index contributed by atoms with van der Waals surface area (Å²) in [6.07, 6.45) is 3.79. The minimum atomic E-state index is -3.54. The van der Waals surface area contributed by atoms with Crippen LogP contribution in [0.25, 0.3) is 10.8 Å². The van der Waals surface area contributed by atoms with Crippen molar-refractivity contribution >= 4 is 20.8 Å². The molecule has 31 heavy (non-hydrogen) atoms. The Kier molecular flexibility index (Phi) is 5.60. The molecule has 0 saturated carbocycles. The first-order chi connectivity index (χ1) is 15.1. The van der Waals surface area contributed by atoms with Crippen LogP contribution in [-0.4, -0.2) is 58.8 Å². The smallest absolute Gasteiger partial charge is 0.240 e. The van der Waals surface area contributed by atoms with E-state index in [1.807, 2.05) is 36.4 Å². The molecule has 3 aliphatic rings. The number of fused-ring (bicyclic) bond motifs is 1. The maximum atomic E-state index is 12.7. The Hall–Kier alpha value is -2.55. The lowest BCUT2D eigenvalue weighted by Crippen LogP contribution is -2.59. The van der Waals surface area contributed by atoms with E-state index in [0.717, 1.165) is 47.4 Å². The summed E-state index contributed by atoms with van der Waals surface area (Å²) in [6.45, 7) is 3.73. The maximum absolute atomic E-state index is 12.7.